The van der Waals surface area contributed by atoms with Crippen LogP contribution in [0.1, 0.15) is 22.3 Å². The van der Waals surface area contributed by atoms with Crippen LogP contribution in [0.2, 0.25) is 0 Å². The van der Waals surface area contributed by atoms with Gasteiger partial charge in [-0.1, -0.05) is 29.8 Å². The number of nitrogens with zero attached hydrogens (tertiary/aromatic N) is 2. The van der Waals surface area contributed by atoms with E-state index in [0.29, 0.717) is 16.6 Å². The van der Waals surface area contributed by atoms with Crippen molar-refractivity contribution < 1.29 is 5.11 Å². The van der Waals surface area contributed by atoms with Gasteiger partial charge >= 0.3 is 0 Å². The van der Waals surface area contributed by atoms with Crippen LogP contribution in [0, 0.1) is 20.8 Å². The highest BCUT2D eigenvalue weighted by Crippen LogP contribution is 2.30. The molecule has 29 heavy (non-hydrogen) atoms. The second-order valence-corrected chi connectivity index (χ2v) is 7.32. The number of hydrogen-bond donors (Lipinski definition) is 5. The second kappa shape index (κ2) is 7.41. The summed E-state index contributed by atoms with van der Waals surface area (Å²) in [5.41, 5.74) is 16.3. The number of pyridine rings is 1. The topological polar surface area (TPSA) is 103 Å². The molecule has 2 heterocycles. The summed E-state index contributed by atoms with van der Waals surface area (Å²) >= 11 is 0. The van der Waals surface area contributed by atoms with Crippen LogP contribution in [0.15, 0.2) is 46.2 Å². The number of hydrazine groups is 3. The maximum atomic E-state index is 13.2. The number of para-hydroxylation sites is 1. The van der Waals surface area contributed by atoms with Crippen LogP contribution in [0.5, 0.6) is 5.75 Å². The van der Waals surface area contributed by atoms with E-state index >= 15 is 0 Å². The average Bonchev–Trinajstić information content (AvgIpc) is 3.22. The third-order valence-corrected chi connectivity index (χ3v) is 5.17. The Hall–Kier alpha value is -3.04. The molecule has 8 nitrogen and oxygen atoms in total. The van der Waals surface area contributed by atoms with E-state index in [1.807, 2.05) is 45.0 Å². The van der Waals surface area contributed by atoms with Crippen molar-refractivity contribution in [2.75, 3.05) is 0 Å². The lowest BCUT2D eigenvalue weighted by Crippen LogP contribution is -2.44. The molecule has 2 aromatic carbocycles. The summed E-state index contributed by atoms with van der Waals surface area (Å²) in [6, 6.07) is 11.4. The highest BCUT2D eigenvalue weighted by Gasteiger charge is 2.28. The summed E-state index contributed by atoms with van der Waals surface area (Å²) in [7, 11) is 1.69. The Morgan fingerprint density at radius 2 is 1.69 bits per heavy atom. The monoisotopic (exact) mass is 392 g/mol. The summed E-state index contributed by atoms with van der Waals surface area (Å²) in [6.45, 7) is 6.01. The molecular formula is C21H24N6O2. The smallest absolute Gasteiger partial charge is 0.263 e. The fourth-order valence-corrected chi connectivity index (χ4v) is 3.83. The number of aromatic hydroxyl groups is 1. The van der Waals surface area contributed by atoms with Crippen molar-refractivity contribution in [2.45, 2.75) is 26.9 Å². The molecule has 0 atom stereocenters. The molecule has 0 unspecified atom stereocenters. The molecule has 0 radical (unpaired) electrons. The molecule has 1 saturated heterocycles. The van der Waals surface area contributed by atoms with E-state index in [2.05, 4.69) is 21.9 Å². The maximum absolute atomic E-state index is 13.2. The predicted octanol–water partition coefficient (Wildman–Crippen LogP) is 1.73. The highest BCUT2D eigenvalue weighted by atomic mass is 16.3. The van der Waals surface area contributed by atoms with Crippen LogP contribution in [0.25, 0.3) is 10.9 Å². The first kappa shape index (κ1) is 19.3. The number of aryl methyl sites for hydroxylation is 4. The Kier molecular flexibility index (Phi) is 4.93. The lowest BCUT2D eigenvalue weighted by atomic mass is 10.0. The van der Waals surface area contributed by atoms with Crippen LogP contribution in [-0.4, -0.2) is 21.6 Å². The van der Waals surface area contributed by atoms with Crippen LogP contribution in [0.4, 0.5) is 5.69 Å². The van der Waals surface area contributed by atoms with Crippen molar-refractivity contribution >= 4 is 22.3 Å². The van der Waals surface area contributed by atoms with Crippen molar-refractivity contribution in [3.8, 4) is 5.75 Å². The van der Waals surface area contributed by atoms with Gasteiger partial charge in [0.25, 0.3) is 5.56 Å². The number of aromatic nitrogens is 1. The second-order valence-electron chi connectivity index (χ2n) is 7.32. The molecule has 150 valence electrons. The molecule has 1 aliphatic heterocycles. The van der Waals surface area contributed by atoms with Gasteiger partial charge in [0.05, 0.1) is 16.9 Å². The zero-order chi connectivity index (χ0) is 20.7. The maximum Gasteiger partial charge on any atom is 0.263 e. The first-order valence-corrected chi connectivity index (χ1v) is 9.37. The summed E-state index contributed by atoms with van der Waals surface area (Å²) in [4.78, 5) is 18.1. The van der Waals surface area contributed by atoms with Gasteiger partial charge in [0.1, 0.15) is 17.5 Å². The molecule has 0 bridgehead atoms. The van der Waals surface area contributed by atoms with Gasteiger partial charge in [-0.2, -0.15) is 11.1 Å². The van der Waals surface area contributed by atoms with E-state index in [-0.39, 0.29) is 16.9 Å². The van der Waals surface area contributed by atoms with Crippen LogP contribution in [0.3, 0.4) is 0 Å². The molecule has 5 N–H and O–H groups in total. The minimum atomic E-state index is -0.533. The lowest BCUT2D eigenvalue weighted by Gasteiger charge is -2.18. The normalized spacial score (nSPS) is 15.4. The van der Waals surface area contributed by atoms with E-state index in [9.17, 15) is 9.90 Å². The Balaban J connectivity index is 2.03. The zero-order valence-corrected chi connectivity index (χ0v) is 16.8. The fraction of sp³-hybridized carbons (Fsp3) is 0.238. The van der Waals surface area contributed by atoms with Gasteiger partial charge in [-0.25, -0.2) is 15.8 Å². The number of benzene rings is 2. The first-order valence-electron chi connectivity index (χ1n) is 9.37. The Morgan fingerprint density at radius 3 is 2.34 bits per heavy atom. The van der Waals surface area contributed by atoms with Crippen molar-refractivity contribution in [3.05, 3.63) is 69.0 Å². The van der Waals surface area contributed by atoms with Gasteiger partial charge < -0.3 is 9.67 Å². The number of nitrogens with one attached hydrogen (secondary N) is 4. The number of hydrogen-bond acceptors (Lipinski definition) is 7. The minimum absolute atomic E-state index is 0.0830. The summed E-state index contributed by atoms with van der Waals surface area (Å²) in [5.74, 6) is -0.0830. The van der Waals surface area contributed by atoms with E-state index < -0.39 is 6.17 Å². The summed E-state index contributed by atoms with van der Waals surface area (Å²) < 4.78 is 1.53. The molecule has 3 aromatic rings. The molecule has 4 rings (SSSR count). The molecule has 1 aromatic heterocycles. The molecule has 0 amide bonds. The molecule has 0 saturated carbocycles. The van der Waals surface area contributed by atoms with Gasteiger partial charge in [0.2, 0.25) is 0 Å². The molecule has 8 heteroatoms. The van der Waals surface area contributed by atoms with Gasteiger partial charge in [-0.15, -0.1) is 0 Å². The molecule has 1 fully saturated rings. The molecular weight excluding hydrogens is 368 g/mol. The number of fused-ring (bicyclic) bond motifs is 1. The van der Waals surface area contributed by atoms with Gasteiger partial charge in [0.15, 0.2) is 0 Å². The number of aliphatic imine (C=N–C) groups is 1. The predicted molar refractivity (Wildman–Crippen MR) is 114 cm³/mol. The Morgan fingerprint density at radius 1 is 1.07 bits per heavy atom. The van der Waals surface area contributed by atoms with E-state index in [1.165, 1.54) is 4.57 Å². The van der Waals surface area contributed by atoms with E-state index in [1.54, 1.807) is 19.2 Å². The quantitative estimate of drug-likeness (QED) is 0.435. The van der Waals surface area contributed by atoms with Crippen LogP contribution in [-0.2, 0) is 7.05 Å². The third kappa shape index (κ3) is 3.32. The van der Waals surface area contributed by atoms with Crippen molar-refractivity contribution in [1.82, 2.24) is 26.5 Å². The number of rotatable bonds is 3. The van der Waals surface area contributed by atoms with Crippen LogP contribution < -0.4 is 27.5 Å². The van der Waals surface area contributed by atoms with Gasteiger partial charge in [0, 0.05) is 12.4 Å². The summed E-state index contributed by atoms with van der Waals surface area (Å²) in [5, 5.41) is 11.6. The SMILES string of the molecule is Cc1cc(C)c(N=C(c2c(O)c3ccccc3n(C)c2=O)C2NNNN2)c(C)c1. The first-order chi connectivity index (χ1) is 13.9. The fourth-order valence-electron chi connectivity index (χ4n) is 3.83. The van der Waals surface area contributed by atoms with Crippen LogP contribution >= 0.6 is 0 Å². The lowest BCUT2D eigenvalue weighted by molar-refractivity contribution is 0.477. The van der Waals surface area contributed by atoms with E-state index in [0.717, 1.165) is 22.4 Å². The average molecular weight is 392 g/mol. The van der Waals surface area contributed by atoms with Gasteiger partial charge in [-0.3, -0.25) is 4.79 Å². The third-order valence-electron chi connectivity index (χ3n) is 5.17. The van der Waals surface area contributed by atoms with Crippen molar-refractivity contribution in [1.29, 1.82) is 0 Å². The summed E-state index contributed by atoms with van der Waals surface area (Å²) in [6.07, 6.45) is -0.533. The van der Waals surface area contributed by atoms with Crippen molar-refractivity contribution in [2.24, 2.45) is 12.0 Å². The van der Waals surface area contributed by atoms with Gasteiger partial charge in [-0.05, 0) is 44.0 Å². The molecule has 0 spiro atoms. The molecule has 1 aliphatic rings. The Bertz CT molecular complexity index is 1170. The zero-order valence-electron chi connectivity index (χ0n) is 16.8. The molecule has 0 aliphatic carbocycles. The van der Waals surface area contributed by atoms with Crippen molar-refractivity contribution in [3.63, 3.8) is 0 Å². The standard InChI is InChI=1S/C21H24N6O2/c1-11-9-12(2)17(13(3)10-11)22-18(20-23-25-26-24-20)16-19(28)14-7-5-6-8-15(14)27(4)21(16)29/h5-10,20,23-26,28H,1-4H3. The largest absolute Gasteiger partial charge is 0.506 e. The van der Waals surface area contributed by atoms with E-state index in [4.69, 9.17) is 4.99 Å². The highest BCUT2D eigenvalue weighted by molar-refractivity contribution is 6.10. The Labute approximate surface area is 168 Å². The minimum Gasteiger partial charge on any atom is -0.506 e.